The lowest BCUT2D eigenvalue weighted by molar-refractivity contribution is -0.332. The van der Waals surface area contributed by atoms with Gasteiger partial charge >= 0.3 is 12.2 Å². The van der Waals surface area contributed by atoms with Gasteiger partial charge in [-0.25, -0.2) is 19.4 Å². The van der Waals surface area contributed by atoms with Gasteiger partial charge in [-0.05, 0) is 18.4 Å². The van der Waals surface area contributed by atoms with Gasteiger partial charge in [-0.15, -0.1) is 0 Å². The molecule has 2 N–H and O–H groups in total. The van der Waals surface area contributed by atoms with E-state index in [-0.39, 0.29) is 19.2 Å². The number of rotatable bonds is 7. The molecular formula is C17H24N2O6. The molecule has 2 amide bonds. The molecule has 1 fully saturated rings. The predicted molar refractivity (Wildman–Crippen MR) is 88.9 cm³/mol. The Morgan fingerprint density at radius 1 is 1.32 bits per heavy atom. The summed E-state index contributed by atoms with van der Waals surface area (Å²) in [7, 11) is 0. The lowest BCUT2D eigenvalue weighted by Crippen LogP contribution is -2.56. The summed E-state index contributed by atoms with van der Waals surface area (Å²) in [5, 5.41) is 11.9. The second-order valence-electron chi connectivity index (χ2n) is 5.79. The van der Waals surface area contributed by atoms with Crippen LogP contribution in [0.3, 0.4) is 0 Å². The lowest BCUT2D eigenvalue weighted by Gasteiger charge is -2.36. The first-order valence-electron chi connectivity index (χ1n) is 8.33. The number of nitrogens with one attached hydrogen (secondary N) is 1. The molecule has 0 unspecified atom stereocenters. The smallest absolute Gasteiger partial charge is 0.407 e. The molecule has 1 aromatic carbocycles. The van der Waals surface area contributed by atoms with Gasteiger partial charge < -0.3 is 20.1 Å². The van der Waals surface area contributed by atoms with Crippen LogP contribution in [0.5, 0.6) is 0 Å². The third-order valence-electron chi connectivity index (χ3n) is 3.82. The summed E-state index contributed by atoms with van der Waals surface area (Å²) in [6, 6.07) is 8.97. The maximum absolute atomic E-state index is 12.0. The molecule has 1 heterocycles. The van der Waals surface area contributed by atoms with Crippen molar-refractivity contribution >= 4 is 12.2 Å². The van der Waals surface area contributed by atoms with Gasteiger partial charge in [0.15, 0.2) is 0 Å². The number of hydrogen-bond acceptors (Lipinski definition) is 5. The molecule has 1 saturated heterocycles. The zero-order valence-electron chi connectivity index (χ0n) is 14.2. The third kappa shape index (κ3) is 6.24. The van der Waals surface area contributed by atoms with Crippen LogP contribution in [0.1, 0.15) is 25.3 Å². The van der Waals surface area contributed by atoms with Crippen molar-refractivity contribution in [2.75, 3.05) is 19.7 Å². The van der Waals surface area contributed by atoms with Crippen molar-refractivity contribution in [2.45, 2.75) is 38.5 Å². The van der Waals surface area contributed by atoms with Crippen LogP contribution in [-0.2, 0) is 21.1 Å². The molecule has 138 valence electrons. The Balaban J connectivity index is 1.85. The van der Waals surface area contributed by atoms with Crippen LogP contribution in [-0.4, -0.2) is 54.0 Å². The Hall–Kier alpha value is -2.32. The molecule has 25 heavy (non-hydrogen) atoms. The lowest BCUT2D eigenvalue weighted by atomic mass is 10.0. The zero-order valence-corrected chi connectivity index (χ0v) is 14.2. The molecule has 0 radical (unpaired) electrons. The summed E-state index contributed by atoms with van der Waals surface area (Å²) in [6.45, 7) is 2.94. The van der Waals surface area contributed by atoms with Crippen LogP contribution in [0.25, 0.3) is 0 Å². The molecule has 1 aliphatic heterocycles. The number of amides is 2. The van der Waals surface area contributed by atoms with Crippen molar-refractivity contribution in [3.63, 3.8) is 0 Å². The minimum absolute atomic E-state index is 0.128. The molecule has 8 heteroatoms. The minimum atomic E-state index is -1.02. The van der Waals surface area contributed by atoms with Crippen LogP contribution >= 0.6 is 0 Å². The Labute approximate surface area is 146 Å². The SMILES string of the molecule is CCCOO[C@@H]1CN(C(=O)O)CC[C@@H]1NC(=O)OCc1ccccc1. The van der Waals surface area contributed by atoms with E-state index in [0.717, 1.165) is 12.0 Å². The number of hydrogen-bond donors (Lipinski definition) is 2. The Kier molecular flexibility index (Phi) is 7.49. The average Bonchev–Trinajstić information content (AvgIpc) is 2.62. The van der Waals surface area contributed by atoms with Gasteiger partial charge in [-0.1, -0.05) is 37.3 Å². The number of benzene rings is 1. The Morgan fingerprint density at radius 3 is 2.76 bits per heavy atom. The normalized spacial score (nSPS) is 20.1. The minimum Gasteiger partial charge on any atom is -0.465 e. The van der Waals surface area contributed by atoms with Crippen LogP contribution in [0.2, 0.25) is 0 Å². The number of carbonyl (C=O) groups excluding carboxylic acids is 1. The maximum Gasteiger partial charge on any atom is 0.407 e. The number of ether oxygens (including phenoxy) is 1. The fourth-order valence-electron chi connectivity index (χ4n) is 2.49. The first-order valence-corrected chi connectivity index (χ1v) is 8.33. The monoisotopic (exact) mass is 352 g/mol. The molecule has 1 aromatic rings. The van der Waals surface area contributed by atoms with Gasteiger partial charge in [0.05, 0.1) is 19.2 Å². The average molecular weight is 352 g/mol. The van der Waals surface area contributed by atoms with Crippen molar-refractivity contribution in [3.8, 4) is 0 Å². The van der Waals surface area contributed by atoms with Crippen molar-refractivity contribution in [1.82, 2.24) is 10.2 Å². The van der Waals surface area contributed by atoms with Crippen molar-refractivity contribution in [2.24, 2.45) is 0 Å². The van der Waals surface area contributed by atoms with Gasteiger partial charge in [-0.2, -0.15) is 0 Å². The van der Waals surface area contributed by atoms with E-state index in [1.807, 2.05) is 37.3 Å². The highest BCUT2D eigenvalue weighted by Crippen LogP contribution is 2.15. The highest BCUT2D eigenvalue weighted by molar-refractivity contribution is 5.68. The van der Waals surface area contributed by atoms with Crippen molar-refractivity contribution in [3.05, 3.63) is 35.9 Å². The number of carbonyl (C=O) groups is 2. The van der Waals surface area contributed by atoms with Crippen molar-refractivity contribution in [1.29, 1.82) is 0 Å². The molecule has 0 aliphatic carbocycles. The Morgan fingerprint density at radius 2 is 2.08 bits per heavy atom. The molecule has 8 nitrogen and oxygen atoms in total. The van der Waals surface area contributed by atoms with Crippen LogP contribution < -0.4 is 5.32 Å². The Bertz CT molecular complexity index is 553. The number of nitrogens with zero attached hydrogens (tertiary/aromatic N) is 1. The molecule has 0 bridgehead atoms. The highest BCUT2D eigenvalue weighted by atomic mass is 17.2. The summed E-state index contributed by atoms with van der Waals surface area (Å²) < 4.78 is 5.20. The van der Waals surface area contributed by atoms with Gasteiger partial charge in [0.25, 0.3) is 0 Å². The number of piperidine rings is 1. The van der Waals surface area contributed by atoms with Gasteiger partial charge in [0, 0.05) is 6.54 Å². The van der Waals surface area contributed by atoms with Gasteiger partial charge in [0.1, 0.15) is 12.7 Å². The van der Waals surface area contributed by atoms with E-state index in [2.05, 4.69) is 5.32 Å². The molecule has 0 saturated carbocycles. The van der Waals surface area contributed by atoms with E-state index < -0.39 is 18.3 Å². The van der Waals surface area contributed by atoms with E-state index >= 15 is 0 Å². The first-order chi connectivity index (χ1) is 12.1. The second-order valence-corrected chi connectivity index (χ2v) is 5.79. The molecule has 0 spiro atoms. The van der Waals surface area contributed by atoms with Crippen LogP contribution in [0, 0.1) is 0 Å². The summed E-state index contributed by atoms with van der Waals surface area (Å²) in [4.78, 5) is 34.8. The third-order valence-corrected chi connectivity index (χ3v) is 3.82. The fourth-order valence-corrected chi connectivity index (χ4v) is 2.49. The van der Waals surface area contributed by atoms with E-state index in [1.54, 1.807) is 0 Å². The van der Waals surface area contributed by atoms with Gasteiger partial charge in [-0.3, -0.25) is 0 Å². The summed E-state index contributed by atoms with van der Waals surface area (Å²) in [6.07, 6.45) is -0.976. The molecule has 2 atom stereocenters. The molecule has 2 rings (SSSR count). The summed E-state index contributed by atoms with van der Waals surface area (Å²) >= 11 is 0. The van der Waals surface area contributed by atoms with Gasteiger partial charge in [0.2, 0.25) is 0 Å². The number of alkyl carbamates (subject to hydrolysis) is 1. The van der Waals surface area contributed by atoms with E-state index in [4.69, 9.17) is 19.6 Å². The number of carboxylic acid groups (broad SMARTS) is 1. The summed E-state index contributed by atoms with van der Waals surface area (Å²) in [5.74, 6) is 0. The van der Waals surface area contributed by atoms with Crippen LogP contribution in [0.15, 0.2) is 30.3 Å². The maximum atomic E-state index is 12.0. The molecular weight excluding hydrogens is 328 g/mol. The van der Waals surface area contributed by atoms with E-state index in [9.17, 15) is 9.59 Å². The predicted octanol–water partition coefficient (Wildman–Crippen LogP) is 2.39. The largest absolute Gasteiger partial charge is 0.465 e. The second kappa shape index (κ2) is 9.85. The molecule has 0 aromatic heterocycles. The fraction of sp³-hybridized carbons (Fsp3) is 0.529. The summed E-state index contributed by atoms with van der Waals surface area (Å²) in [5.41, 5.74) is 0.887. The quantitative estimate of drug-likeness (QED) is 0.444. The van der Waals surface area contributed by atoms with Crippen molar-refractivity contribution < 1.29 is 29.2 Å². The van der Waals surface area contributed by atoms with E-state index in [1.165, 1.54) is 4.90 Å². The highest BCUT2D eigenvalue weighted by Gasteiger charge is 2.34. The molecule has 1 aliphatic rings. The zero-order chi connectivity index (χ0) is 18.1. The topological polar surface area (TPSA) is 97.3 Å². The first kappa shape index (κ1) is 19.0. The standard InChI is InChI=1S/C17H24N2O6/c1-2-10-24-25-15-11-19(17(21)22)9-8-14(15)18-16(20)23-12-13-6-4-3-5-7-13/h3-7,14-15H,2,8-12H2,1H3,(H,18,20)(H,21,22)/t14-,15+/m0/s1. The number of likely N-dealkylation sites (tertiary alicyclic amines) is 1. The van der Waals surface area contributed by atoms with Crippen LogP contribution in [0.4, 0.5) is 9.59 Å². The van der Waals surface area contributed by atoms with E-state index in [0.29, 0.717) is 19.6 Å².